The normalized spacial score (nSPS) is 11.8. The van der Waals surface area contributed by atoms with Gasteiger partial charge in [0.1, 0.15) is 17.6 Å². The fourth-order valence-corrected chi connectivity index (χ4v) is 5.37. The van der Waals surface area contributed by atoms with Crippen LogP contribution < -0.4 is 14.8 Å². The number of ether oxygens (including phenoxy) is 1. The monoisotopic (exact) mass is 609 g/mol. The molecule has 0 fully saturated rings. The lowest BCUT2D eigenvalue weighted by Gasteiger charge is -2.31. The van der Waals surface area contributed by atoms with Gasteiger partial charge in [0.05, 0.1) is 4.90 Å². The topological polar surface area (TPSA) is 105 Å². The molecule has 0 spiro atoms. The van der Waals surface area contributed by atoms with Crippen LogP contribution in [0.3, 0.4) is 0 Å². The number of nitrogens with zero attached hydrogens (tertiary/aromatic N) is 1. The van der Waals surface area contributed by atoms with E-state index in [4.69, 9.17) is 16.3 Å². The van der Waals surface area contributed by atoms with Crippen molar-refractivity contribution in [1.29, 1.82) is 0 Å². The Hall–Kier alpha value is -4.41. The molecule has 2 amide bonds. The highest BCUT2D eigenvalue weighted by Crippen LogP contribution is 2.21. The number of hydrogen-bond donors (Lipinski definition) is 2. The third-order valence-corrected chi connectivity index (χ3v) is 8.03. The van der Waals surface area contributed by atoms with Crippen molar-refractivity contribution in [3.8, 4) is 5.75 Å². The molecule has 4 aromatic carbocycles. The number of rotatable bonds is 12. The number of anilines is 1. The molecule has 1 atom stereocenters. The van der Waals surface area contributed by atoms with Gasteiger partial charge in [0, 0.05) is 30.7 Å². The molecule has 0 heterocycles. The number of halogens is 2. The Kier molecular flexibility index (Phi) is 10.2. The van der Waals surface area contributed by atoms with E-state index in [-0.39, 0.29) is 35.2 Å². The molecule has 0 radical (unpaired) electrons. The van der Waals surface area contributed by atoms with E-state index in [1.807, 2.05) is 30.3 Å². The van der Waals surface area contributed by atoms with Gasteiger partial charge in [-0.05, 0) is 71.8 Å². The second-order valence-electron chi connectivity index (χ2n) is 9.34. The maximum atomic E-state index is 13.6. The number of benzene rings is 4. The first kappa shape index (κ1) is 30.5. The molecule has 0 aliphatic rings. The minimum absolute atomic E-state index is 0.0441. The number of likely N-dealkylation sites (N-methyl/N-ethyl adjacent to an activating group) is 1. The van der Waals surface area contributed by atoms with E-state index >= 15 is 0 Å². The van der Waals surface area contributed by atoms with Crippen molar-refractivity contribution in [2.24, 2.45) is 0 Å². The van der Waals surface area contributed by atoms with E-state index in [0.717, 1.165) is 23.3 Å². The second-order valence-corrected chi connectivity index (χ2v) is 11.5. The van der Waals surface area contributed by atoms with Crippen LogP contribution in [-0.4, -0.2) is 44.8 Å². The highest BCUT2D eigenvalue weighted by Gasteiger charge is 2.30. The minimum atomic E-state index is -3.94. The second kappa shape index (κ2) is 14.0. The Labute approximate surface area is 249 Å². The summed E-state index contributed by atoms with van der Waals surface area (Å²) >= 11 is 6.04. The van der Waals surface area contributed by atoms with E-state index in [0.29, 0.717) is 5.02 Å². The summed E-state index contributed by atoms with van der Waals surface area (Å²) in [5, 5.41) is 3.20. The number of nitrogens with one attached hydrogen (secondary N) is 2. The molecule has 0 aromatic heterocycles. The molecular formula is C31H29ClFN3O5S. The zero-order valence-electron chi connectivity index (χ0n) is 22.7. The van der Waals surface area contributed by atoms with Crippen LogP contribution in [0.5, 0.6) is 5.75 Å². The largest absolute Gasteiger partial charge is 0.484 e. The molecule has 8 nitrogen and oxygen atoms in total. The van der Waals surface area contributed by atoms with Crippen LogP contribution in [0.15, 0.2) is 108 Å². The standard InChI is InChI=1S/C31H29ClFN3O5S/c1-34-31(38)29(19-22-5-3-2-4-6-22)36(20-23-7-9-24(32)10-8-23)30(37)21-41-27-15-17-28(18-16-27)42(39,40)35-26-13-11-25(33)12-14-26/h2-18,29,35H,19-21H2,1H3,(H,34,38)/t29-/m1/s1. The van der Waals surface area contributed by atoms with Crippen LogP contribution in [-0.2, 0) is 32.6 Å². The van der Waals surface area contributed by atoms with Crippen LogP contribution in [0, 0.1) is 5.82 Å². The maximum Gasteiger partial charge on any atom is 0.261 e. The highest BCUT2D eigenvalue weighted by atomic mass is 35.5. The lowest BCUT2D eigenvalue weighted by Crippen LogP contribution is -2.51. The van der Waals surface area contributed by atoms with Crippen molar-refractivity contribution in [3.63, 3.8) is 0 Å². The average Bonchev–Trinajstić information content (AvgIpc) is 3.00. The summed E-state index contributed by atoms with van der Waals surface area (Å²) < 4.78 is 46.7. The van der Waals surface area contributed by atoms with Gasteiger partial charge in [0.2, 0.25) is 5.91 Å². The van der Waals surface area contributed by atoms with E-state index in [1.165, 1.54) is 48.3 Å². The summed E-state index contributed by atoms with van der Waals surface area (Å²) in [6.07, 6.45) is 0.285. The predicted octanol–water partition coefficient (Wildman–Crippen LogP) is 5.04. The molecule has 4 aromatic rings. The van der Waals surface area contributed by atoms with Gasteiger partial charge >= 0.3 is 0 Å². The van der Waals surface area contributed by atoms with Crippen LogP contribution in [0.1, 0.15) is 11.1 Å². The lowest BCUT2D eigenvalue weighted by molar-refractivity contribution is -0.142. The number of carbonyl (C=O) groups excluding carboxylic acids is 2. The molecular weight excluding hydrogens is 581 g/mol. The number of sulfonamides is 1. The van der Waals surface area contributed by atoms with Crippen molar-refractivity contribution < 1.29 is 27.1 Å². The first-order valence-electron chi connectivity index (χ1n) is 13.0. The zero-order chi connectivity index (χ0) is 30.1. The fourth-order valence-electron chi connectivity index (χ4n) is 4.18. The summed E-state index contributed by atoms with van der Waals surface area (Å²) in [7, 11) is -2.42. The third-order valence-electron chi connectivity index (χ3n) is 6.38. The zero-order valence-corrected chi connectivity index (χ0v) is 24.2. The summed E-state index contributed by atoms with van der Waals surface area (Å²) in [4.78, 5) is 28.0. The Morgan fingerprint density at radius 3 is 2.14 bits per heavy atom. The van der Waals surface area contributed by atoms with Crippen LogP contribution in [0.25, 0.3) is 0 Å². The molecule has 0 saturated heterocycles. The van der Waals surface area contributed by atoms with E-state index < -0.39 is 34.4 Å². The van der Waals surface area contributed by atoms with Crippen LogP contribution in [0.2, 0.25) is 5.02 Å². The van der Waals surface area contributed by atoms with E-state index in [9.17, 15) is 22.4 Å². The van der Waals surface area contributed by atoms with Gasteiger partial charge in [0.15, 0.2) is 6.61 Å². The Bertz CT molecular complexity index is 1600. The Balaban J connectivity index is 1.50. The summed E-state index contributed by atoms with van der Waals surface area (Å²) in [6.45, 7) is -0.258. The molecule has 2 N–H and O–H groups in total. The van der Waals surface area contributed by atoms with Gasteiger partial charge in [0.25, 0.3) is 15.9 Å². The smallest absolute Gasteiger partial charge is 0.261 e. The minimum Gasteiger partial charge on any atom is -0.484 e. The lowest BCUT2D eigenvalue weighted by atomic mass is 10.0. The fraction of sp³-hybridized carbons (Fsp3) is 0.161. The predicted molar refractivity (Wildman–Crippen MR) is 159 cm³/mol. The van der Waals surface area contributed by atoms with Gasteiger partial charge in [-0.1, -0.05) is 54.1 Å². The van der Waals surface area contributed by atoms with Crippen LogP contribution >= 0.6 is 11.6 Å². The molecule has 4 rings (SSSR count). The first-order chi connectivity index (χ1) is 20.1. The van der Waals surface area contributed by atoms with Gasteiger partial charge in [-0.2, -0.15) is 0 Å². The highest BCUT2D eigenvalue weighted by molar-refractivity contribution is 7.92. The average molecular weight is 610 g/mol. The maximum absolute atomic E-state index is 13.6. The van der Waals surface area contributed by atoms with Crippen molar-refractivity contribution in [2.45, 2.75) is 23.9 Å². The quantitative estimate of drug-likeness (QED) is 0.234. The summed E-state index contributed by atoms with van der Waals surface area (Å²) in [6, 6.07) is 26.0. The first-order valence-corrected chi connectivity index (χ1v) is 14.8. The SMILES string of the molecule is CNC(=O)[C@@H](Cc1ccccc1)N(Cc1ccc(Cl)cc1)C(=O)COc1ccc(S(=O)(=O)Nc2ccc(F)cc2)cc1. The number of carbonyl (C=O) groups is 2. The molecule has 11 heteroatoms. The number of hydrogen-bond acceptors (Lipinski definition) is 5. The van der Waals surface area contributed by atoms with Gasteiger partial charge in [-0.25, -0.2) is 12.8 Å². The van der Waals surface area contributed by atoms with Gasteiger partial charge < -0.3 is 15.0 Å². The Morgan fingerprint density at radius 1 is 0.881 bits per heavy atom. The van der Waals surface area contributed by atoms with Crippen molar-refractivity contribution in [3.05, 3.63) is 125 Å². The van der Waals surface area contributed by atoms with Crippen LogP contribution in [0.4, 0.5) is 10.1 Å². The molecule has 0 bridgehead atoms. The van der Waals surface area contributed by atoms with E-state index in [1.54, 1.807) is 24.3 Å². The van der Waals surface area contributed by atoms with Crippen molar-refractivity contribution >= 4 is 39.1 Å². The molecule has 0 unspecified atom stereocenters. The molecule has 218 valence electrons. The molecule has 0 saturated carbocycles. The van der Waals surface area contributed by atoms with E-state index in [2.05, 4.69) is 10.0 Å². The van der Waals surface area contributed by atoms with Crippen molar-refractivity contribution in [2.75, 3.05) is 18.4 Å². The molecule has 42 heavy (non-hydrogen) atoms. The third kappa shape index (κ3) is 8.31. The van der Waals surface area contributed by atoms with Gasteiger partial charge in [-0.15, -0.1) is 0 Å². The summed E-state index contributed by atoms with van der Waals surface area (Å²) in [5.41, 5.74) is 1.87. The van der Waals surface area contributed by atoms with Crippen molar-refractivity contribution in [1.82, 2.24) is 10.2 Å². The Morgan fingerprint density at radius 2 is 1.52 bits per heavy atom. The molecule has 0 aliphatic carbocycles. The summed E-state index contributed by atoms with van der Waals surface area (Å²) in [5.74, 6) is -0.994. The number of amides is 2. The van der Waals surface area contributed by atoms with Gasteiger partial charge in [-0.3, -0.25) is 14.3 Å². The molecule has 0 aliphatic heterocycles.